The fraction of sp³-hybridized carbons (Fsp3) is 0.0545. The van der Waals surface area contributed by atoms with Crippen molar-refractivity contribution in [3.63, 3.8) is 0 Å². The molecule has 1 aliphatic rings. The molecule has 0 fully saturated rings. The molecule has 0 bridgehead atoms. The number of benzene rings is 10. The third-order valence-corrected chi connectivity index (χ3v) is 12.2. The molecule has 0 heterocycles. The van der Waals surface area contributed by atoms with Crippen molar-refractivity contribution in [2.45, 2.75) is 19.3 Å². The van der Waals surface area contributed by atoms with Gasteiger partial charge in [-0.2, -0.15) is 0 Å². The summed E-state index contributed by atoms with van der Waals surface area (Å²) >= 11 is 0. The van der Waals surface area contributed by atoms with Crippen LogP contribution < -0.4 is 0 Å². The Hall–Kier alpha value is -6.76. The van der Waals surface area contributed by atoms with E-state index in [4.69, 9.17) is 0 Å². The van der Waals surface area contributed by atoms with Gasteiger partial charge in [0.25, 0.3) is 0 Å². The molecule has 258 valence electrons. The summed E-state index contributed by atoms with van der Waals surface area (Å²) in [6, 6.07) is 72.3. The summed E-state index contributed by atoms with van der Waals surface area (Å²) in [7, 11) is 0. The summed E-state index contributed by atoms with van der Waals surface area (Å²) in [5.41, 5.74) is 15.4. The van der Waals surface area contributed by atoms with Gasteiger partial charge in [0.15, 0.2) is 0 Å². The standard InChI is InChI=1S/C55H38/c1-55(2)51-19-11-10-16-45(51)46-28-27-44(34-52(46)55)54-48-18-9-8-17-47(48)53(49-29-26-42(33-50(49)54)35-12-4-3-5-13-35)43-25-24-40-31-39(22-23-41(40)32-43)38-21-20-36-14-6-7-15-37(36)30-38/h3-34H,1-2H3. The van der Waals surface area contributed by atoms with Crippen molar-refractivity contribution in [1.82, 2.24) is 0 Å². The average molecular weight is 699 g/mol. The Morgan fingerprint density at radius 3 is 1.51 bits per heavy atom. The minimum absolute atomic E-state index is 0.0814. The Balaban J connectivity index is 1.13. The zero-order valence-corrected chi connectivity index (χ0v) is 31.0. The molecule has 0 saturated heterocycles. The van der Waals surface area contributed by atoms with Crippen molar-refractivity contribution >= 4 is 43.1 Å². The minimum atomic E-state index is -0.0814. The van der Waals surface area contributed by atoms with Crippen LogP contribution in [0.5, 0.6) is 0 Å². The lowest BCUT2D eigenvalue weighted by Gasteiger charge is -2.23. The van der Waals surface area contributed by atoms with Crippen LogP contribution in [0.1, 0.15) is 25.0 Å². The van der Waals surface area contributed by atoms with Gasteiger partial charge in [0.1, 0.15) is 0 Å². The van der Waals surface area contributed by atoms with E-state index in [0.717, 1.165) is 0 Å². The monoisotopic (exact) mass is 698 g/mol. The Kier molecular flexibility index (Phi) is 7.00. The van der Waals surface area contributed by atoms with Crippen molar-refractivity contribution in [2.75, 3.05) is 0 Å². The van der Waals surface area contributed by atoms with Gasteiger partial charge in [-0.3, -0.25) is 0 Å². The molecule has 0 spiro atoms. The van der Waals surface area contributed by atoms with Crippen molar-refractivity contribution in [3.05, 3.63) is 205 Å². The topological polar surface area (TPSA) is 0 Å². The highest BCUT2D eigenvalue weighted by atomic mass is 14.4. The van der Waals surface area contributed by atoms with Gasteiger partial charge in [-0.25, -0.2) is 0 Å². The van der Waals surface area contributed by atoms with Gasteiger partial charge >= 0.3 is 0 Å². The highest BCUT2D eigenvalue weighted by Crippen LogP contribution is 2.51. The normalized spacial score (nSPS) is 13.1. The van der Waals surface area contributed by atoms with Gasteiger partial charge < -0.3 is 0 Å². The molecule has 0 N–H and O–H groups in total. The zero-order valence-electron chi connectivity index (χ0n) is 31.0. The van der Waals surface area contributed by atoms with Gasteiger partial charge in [-0.05, 0) is 140 Å². The Labute approximate surface area is 322 Å². The third kappa shape index (κ3) is 4.99. The Morgan fingerprint density at radius 2 is 0.745 bits per heavy atom. The van der Waals surface area contributed by atoms with Crippen LogP contribution in [-0.2, 0) is 5.41 Å². The van der Waals surface area contributed by atoms with Crippen LogP contribution in [0.2, 0.25) is 0 Å². The highest BCUT2D eigenvalue weighted by Gasteiger charge is 2.35. The fourth-order valence-corrected chi connectivity index (χ4v) is 9.42. The molecule has 0 unspecified atom stereocenters. The van der Waals surface area contributed by atoms with Crippen LogP contribution in [-0.4, -0.2) is 0 Å². The summed E-state index contributed by atoms with van der Waals surface area (Å²) in [6.07, 6.45) is 0. The van der Waals surface area contributed by atoms with Gasteiger partial charge in [-0.1, -0.05) is 178 Å². The molecule has 11 rings (SSSR count). The van der Waals surface area contributed by atoms with Crippen LogP contribution in [0.3, 0.4) is 0 Å². The van der Waals surface area contributed by atoms with Crippen molar-refractivity contribution < 1.29 is 0 Å². The van der Waals surface area contributed by atoms with E-state index in [0.29, 0.717) is 0 Å². The largest absolute Gasteiger partial charge is 0.0622 e. The van der Waals surface area contributed by atoms with Gasteiger partial charge in [0.05, 0.1) is 0 Å². The first kappa shape index (κ1) is 31.7. The number of fused-ring (bicyclic) bond motifs is 7. The first-order chi connectivity index (χ1) is 27.0. The van der Waals surface area contributed by atoms with E-state index in [-0.39, 0.29) is 5.41 Å². The molecule has 10 aromatic carbocycles. The van der Waals surface area contributed by atoms with Crippen LogP contribution in [0, 0.1) is 0 Å². The summed E-state index contributed by atoms with van der Waals surface area (Å²) in [5, 5.41) is 10.1. The first-order valence-electron chi connectivity index (χ1n) is 19.3. The minimum Gasteiger partial charge on any atom is -0.0622 e. The molecular formula is C55H38. The fourth-order valence-electron chi connectivity index (χ4n) is 9.42. The molecule has 0 saturated carbocycles. The number of hydrogen-bond acceptors (Lipinski definition) is 0. The van der Waals surface area contributed by atoms with E-state index in [9.17, 15) is 0 Å². The molecule has 0 radical (unpaired) electrons. The third-order valence-electron chi connectivity index (χ3n) is 12.2. The smallest absolute Gasteiger partial charge is 0.0159 e. The molecule has 0 amide bonds. The van der Waals surface area contributed by atoms with E-state index >= 15 is 0 Å². The van der Waals surface area contributed by atoms with Crippen LogP contribution in [0.25, 0.3) is 98.7 Å². The molecule has 0 heteroatoms. The van der Waals surface area contributed by atoms with E-state index in [1.807, 2.05) is 0 Å². The SMILES string of the molecule is CC1(C)c2ccccc2-c2ccc(-c3c4ccccc4c(-c4ccc5cc(-c6ccc7ccccc7c6)ccc5c4)c4ccc(-c5ccccc5)cc34)cc21. The van der Waals surface area contributed by atoms with Crippen LogP contribution in [0.4, 0.5) is 0 Å². The van der Waals surface area contributed by atoms with E-state index in [1.165, 1.54) is 110 Å². The molecule has 1 aliphatic carbocycles. The Morgan fingerprint density at radius 1 is 0.273 bits per heavy atom. The predicted molar refractivity (Wildman–Crippen MR) is 236 cm³/mol. The predicted octanol–water partition coefficient (Wildman–Crippen LogP) is 15.3. The van der Waals surface area contributed by atoms with E-state index < -0.39 is 0 Å². The molecular weight excluding hydrogens is 661 g/mol. The van der Waals surface area contributed by atoms with Crippen molar-refractivity contribution in [2.24, 2.45) is 0 Å². The summed E-state index contributed by atoms with van der Waals surface area (Å²) < 4.78 is 0. The first-order valence-corrected chi connectivity index (χ1v) is 19.3. The Bertz CT molecular complexity index is 3160. The summed E-state index contributed by atoms with van der Waals surface area (Å²) in [6.45, 7) is 4.75. The van der Waals surface area contributed by atoms with Gasteiger partial charge in [0.2, 0.25) is 0 Å². The second-order valence-corrected chi connectivity index (χ2v) is 15.7. The maximum Gasteiger partial charge on any atom is 0.0159 e. The van der Waals surface area contributed by atoms with E-state index in [2.05, 4.69) is 208 Å². The molecule has 0 nitrogen and oxygen atoms in total. The molecule has 55 heavy (non-hydrogen) atoms. The summed E-state index contributed by atoms with van der Waals surface area (Å²) in [5.74, 6) is 0. The molecule has 0 atom stereocenters. The van der Waals surface area contributed by atoms with Gasteiger partial charge in [-0.15, -0.1) is 0 Å². The maximum atomic E-state index is 2.48. The maximum absolute atomic E-state index is 2.48. The van der Waals surface area contributed by atoms with Crippen LogP contribution >= 0.6 is 0 Å². The second kappa shape index (κ2) is 12.1. The van der Waals surface area contributed by atoms with E-state index in [1.54, 1.807) is 0 Å². The van der Waals surface area contributed by atoms with Crippen molar-refractivity contribution in [3.8, 4) is 55.6 Å². The second-order valence-electron chi connectivity index (χ2n) is 15.7. The zero-order chi connectivity index (χ0) is 36.7. The lowest BCUT2D eigenvalue weighted by molar-refractivity contribution is 0.660. The lowest BCUT2D eigenvalue weighted by Crippen LogP contribution is -2.14. The average Bonchev–Trinajstić information content (AvgIpc) is 3.47. The van der Waals surface area contributed by atoms with Crippen molar-refractivity contribution in [1.29, 1.82) is 0 Å². The summed E-state index contributed by atoms with van der Waals surface area (Å²) in [4.78, 5) is 0. The molecule has 0 aromatic heterocycles. The number of rotatable bonds is 4. The van der Waals surface area contributed by atoms with Gasteiger partial charge in [0, 0.05) is 5.41 Å². The molecule has 0 aliphatic heterocycles. The van der Waals surface area contributed by atoms with Crippen LogP contribution in [0.15, 0.2) is 194 Å². The highest BCUT2D eigenvalue weighted by molar-refractivity contribution is 6.22. The number of hydrogen-bond donors (Lipinski definition) is 0. The molecule has 10 aromatic rings. The lowest BCUT2D eigenvalue weighted by atomic mass is 9.80. The quantitative estimate of drug-likeness (QED) is 0.161.